The number of carboxylic acids is 1. The normalized spacial score (nSPS) is 20.4. The summed E-state index contributed by atoms with van der Waals surface area (Å²) in [5, 5.41) is 9.07. The van der Waals surface area contributed by atoms with Crippen molar-refractivity contribution in [1.82, 2.24) is 9.97 Å². The summed E-state index contributed by atoms with van der Waals surface area (Å²) in [6, 6.07) is -0.139. The van der Waals surface area contributed by atoms with Crippen LogP contribution in [0.5, 0.6) is 0 Å². The van der Waals surface area contributed by atoms with Crippen molar-refractivity contribution in [2.24, 2.45) is 0 Å². The average Bonchev–Trinajstić information content (AvgIpc) is 2.38. The Kier molecular flexibility index (Phi) is 3.83. The van der Waals surface area contributed by atoms with E-state index in [1.54, 1.807) is 0 Å². The average molecular weight is 293 g/mol. The maximum Gasteiger partial charge on any atom is 0.433 e. The molecule has 0 bridgehead atoms. The fourth-order valence-electron chi connectivity index (χ4n) is 1.69. The zero-order valence-corrected chi connectivity index (χ0v) is 10.4. The number of aliphatic carboxylic acids is 1. The number of carbonyl (C=O) groups is 1. The predicted molar refractivity (Wildman–Crippen MR) is 63.1 cm³/mol. The first kappa shape index (κ1) is 13.9. The number of alkyl halides is 3. The maximum atomic E-state index is 12.6. The van der Waals surface area contributed by atoms with E-state index in [2.05, 4.69) is 9.97 Å². The Labute approximate surface area is 110 Å². The third kappa shape index (κ3) is 3.09. The van der Waals surface area contributed by atoms with Crippen molar-refractivity contribution in [1.29, 1.82) is 0 Å². The second kappa shape index (κ2) is 5.24. The molecule has 0 aromatic carbocycles. The van der Waals surface area contributed by atoms with Crippen LogP contribution in [-0.2, 0) is 11.0 Å². The molecule has 1 atom stereocenters. The zero-order chi connectivity index (χ0) is 14.0. The first-order chi connectivity index (χ1) is 8.89. The summed E-state index contributed by atoms with van der Waals surface area (Å²) in [5.41, 5.74) is -1.07. The van der Waals surface area contributed by atoms with Gasteiger partial charge in [0.05, 0.1) is 0 Å². The van der Waals surface area contributed by atoms with Gasteiger partial charge in [-0.25, -0.2) is 14.8 Å². The van der Waals surface area contributed by atoms with Crippen molar-refractivity contribution >= 4 is 23.7 Å². The maximum absolute atomic E-state index is 12.6. The van der Waals surface area contributed by atoms with Gasteiger partial charge >= 0.3 is 12.1 Å². The highest BCUT2D eigenvalue weighted by Crippen LogP contribution is 2.29. The Morgan fingerprint density at radius 1 is 1.53 bits per heavy atom. The number of anilines is 1. The van der Waals surface area contributed by atoms with E-state index in [0.717, 1.165) is 12.3 Å². The van der Waals surface area contributed by atoms with Gasteiger partial charge in [-0.1, -0.05) is 0 Å². The summed E-state index contributed by atoms with van der Waals surface area (Å²) in [4.78, 5) is 19.6. The van der Waals surface area contributed by atoms with Gasteiger partial charge in [0.15, 0.2) is 0 Å². The van der Waals surface area contributed by atoms with E-state index in [1.807, 2.05) is 0 Å². The highest BCUT2D eigenvalue weighted by Gasteiger charge is 2.35. The number of carboxylic acid groups (broad SMARTS) is 1. The lowest BCUT2D eigenvalue weighted by Gasteiger charge is -2.32. The SMILES string of the molecule is O=C(O)C1CSCCN1c1nccc(C(F)(F)F)n1. The predicted octanol–water partition coefficient (Wildman–Crippen LogP) is 1.50. The molecule has 0 spiro atoms. The number of nitrogens with zero attached hydrogens (tertiary/aromatic N) is 3. The number of halogens is 3. The molecular formula is C10H10F3N3O2S. The van der Waals surface area contributed by atoms with E-state index in [4.69, 9.17) is 5.11 Å². The molecule has 1 aliphatic heterocycles. The van der Waals surface area contributed by atoms with Crippen LogP contribution in [0.2, 0.25) is 0 Å². The molecule has 2 heterocycles. The lowest BCUT2D eigenvalue weighted by Crippen LogP contribution is -2.48. The van der Waals surface area contributed by atoms with E-state index >= 15 is 0 Å². The number of aromatic nitrogens is 2. The Bertz CT molecular complexity index is 483. The van der Waals surface area contributed by atoms with Crippen LogP contribution in [0, 0.1) is 0 Å². The molecule has 1 fully saturated rings. The molecule has 0 aliphatic carbocycles. The van der Waals surface area contributed by atoms with Crippen LogP contribution in [0.4, 0.5) is 19.1 Å². The molecular weight excluding hydrogens is 283 g/mol. The fourth-order valence-corrected chi connectivity index (χ4v) is 2.73. The van der Waals surface area contributed by atoms with E-state index in [9.17, 15) is 18.0 Å². The Morgan fingerprint density at radius 2 is 2.26 bits per heavy atom. The van der Waals surface area contributed by atoms with Gasteiger partial charge in [-0.15, -0.1) is 0 Å². The van der Waals surface area contributed by atoms with Gasteiger partial charge in [-0.05, 0) is 6.07 Å². The van der Waals surface area contributed by atoms with E-state index in [1.165, 1.54) is 16.7 Å². The van der Waals surface area contributed by atoms with Crippen LogP contribution in [0.15, 0.2) is 12.3 Å². The third-order valence-electron chi connectivity index (χ3n) is 2.60. The fraction of sp³-hybridized carbons (Fsp3) is 0.500. The van der Waals surface area contributed by atoms with Gasteiger partial charge in [0.25, 0.3) is 0 Å². The topological polar surface area (TPSA) is 66.3 Å². The molecule has 2 rings (SSSR count). The van der Waals surface area contributed by atoms with Crippen LogP contribution >= 0.6 is 11.8 Å². The molecule has 104 valence electrons. The zero-order valence-electron chi connectivity index (χ0n) is 9.59. The van der Waals surface area contributed by atoms with Crippen LogP contribution in [0.25, 0.3) is 0 Å². The molecule has 1 unspecified atom stereocenters. The summed E-state index contributed by atoms with van der Waals surface area (Å²) in [7, 11) is 0. The van der Waals surface area contributed by atoms with Crippen LogP contribution in [0.3, 0.4) is 0 Å². The van der Waals surface area contributed by atoms with Gasteiger partial charge in [-0.3, -0.25) is 0 Å². The molecule has 1 aliphatic rings. The van der Waals surface area contributed by atoms with Crippen molar-refractivity contribution in [2.45, 2.75) is 12.2 Å². The molecule has 5 nitrogen and oxygen atoms in total. The highest BCUT2D eigenvalue weighted by atomic mass is 32.2. The summed E-state index contributed by atoms with van der Waals surface area (Å²) in [5.74, 6) is -0.353. The van der Waals surface area contributed by atoms with Crippen molar-refractivity contribution in [2.75, 3.05) is 23.0 Å². The Morgan fingerprint density at radius 3 is 2.89 bits per heavy atom. The van der Waals surface area contributed by atoms with Crippen LogP contribution in [0.1, 0.15) is 5.69 Å². The molecule has 1 aromatic heterocycles. The number of hydrogen-bond acceptors (Lipinski definition) is 5. The summed E-state index contributed by atoms with van der Waals surface area (Å²) in [6.07, 6.45) is -3.58. The van der Waals surface area contributed by atoms with Crippen molar-refractivity contribution in [3.05, 3.63) is 18.0 Å². The molecule has 0 saturated carbocycles. The number of thioether (sulfide) groups is 1. The minimum Gasteiger partial charge on any atom is -0.480 e. The third-order valence-corrected chi connectivity index (χ3v) is 3.63. The largest absolute Gasteiger partial charge is 0.480 e. The monoisotopic (exact) mass is 293 g/mol. The van der Waals surface area contributed by atoms with Crippen molar-refractivity contribution in [3.63, 3.8) is 0 Å². The molecule has 1 aromatic rings. The van der Waals surface area contributed by atoms with E-state index in [-0.39, 0.29) is 5.95 Å². The van der Waals surface area contributed by atoms with Crippen molar-refractivity contribution < 1.29 is 23.1 Å². The molecule has 0 radical (unpaired) electrons. The van der Waals surface area contributed by atoms with Crippen LogP contribution < -0.4 is 4.90 Å². The summed E-state index contributed by atoms with van der Waals surface area (Å²) >= 11 is 1.44. The summed E-state index contributed by atoms with van der Waals surface area (Å²) < 4.78 is 37.7. The van der Waals surface area contributed by atoms with E-state index < -0.39 is 23.9 Å². The van der Waals surface area contributed by atoms with Crippen LogP contribution in [-0.4, -0.2) is 45.1 Å². The first-order valence-electron chi connectivity index (χ1n) is 5.37. The standard InChI is InChI=1S/C10H10F3N3O2S/c11-10(12,13)7-1-2-14-9(15-7)16-3-4-19-5-6(16)8(17)18/h1-2,6H,3-5H2,(H,17,18). The minimum absolute atomic E-state index is 0.192. The second-order valence-corrected chi connectivity index (χ2v) is 5.01. The molecule has 19 heavy (non-hydrogen) atoms. The Balaban J connectivity index is 2.32. The Hall–Kier alpha value is -1.51. The highest BCUT2D eigenvalue weighted by molar-refractivity contribution is 7.99. The van der Waals surface area contributed by atoms with Gasteiger partial charge in [-0.2, -0.15) is 24.9 Å². The molecule has 0 amide bonds. The van der Waals surface area contributed by atoms with Gasteiger partial charge < -0.3 is 10.0 Å². The van der Waals surface area contributed by atoms with E-state index in [0.29, 0.717) is 18.1 Å². The van der Waals surface area contributed by atoms with Gasteiger partial charge in [0, 0.05) is 24.2 Å². The smallest absolute Gasteiger partial charge is 0.433 e. The quantitative estimate of drug-likeness (QED) is 0.891. The summed E-state index contributed by atoms with van der Waals surface area (Å²) in [6.45, 7) is 0.308. The molecule has 1 saturated heterocycles. The lowest BCUT2D eigenvalue weighted by molar-refractivity contribution is -0.141. The number of hydrogen-bond donors (Lipinski definition) is 1. The molecule has 9 heteroatoms. The minimum atomic E-state index is -4.57. The van der Waals surface area contributed by atoms with Gasteiger partial charge in [0.2, 0.25) is 5.95 Å². The van der Waals surface area contributed by atoms with Crippen molar-refractivity contribution in [3.8, 4) is 0 Å². The first-order valence-corrected chi connectivity index (χ1v) is 6.52. The second-order valence-electron chi connectivity index (χ2n) is 3.86. The van der Waals surface area contributed by atoms with Gasteiger partial charge in [0.1, 0.15) is 11.7 Å². The molecule has 1 N–H and O–H groups in total. The number of rotatable bonds is 2. The lowest BCUT2D eigenvalue weighted by atomic mass is 10.3.